The van der Waals surface area contributed by atoms with Crippen molar-refractivity contribution in [3.05, 3.63) is 65.5 Å². The van der Waals surface area contributed by atoms with Crippen LogP contribution in [-0.4, -0.2) is 65.6 Å². The molecule has 1 atom stereocenters. The summed E-state index contributed by atoms with van der Waals surface area (Å²) in [5, 5.41) is 25.7. The van der Waals surface area contributed by atoms with Gasteiger partial charge in [0.25, 0.3) is 0 Å². The number of esters is 1. The third-order valence-electron chi connectivity index (χ3n) is 7.15. The van der Waals surface area contributed by atoms with Crippen molar-refractivity contribution in [1.29, 1.82) is 0 Å². The van der Waals surface area contributed by atoms with Crippen molar-refractivity contribution in [1.82, 2.24) is 30.4 Å². The number of hydrogen-bond donors (Lipinski definition) is 2. The minimum atomic E-state index is -1.58. The Hall–Kier alpha value is -4.38. The number of H-pyrrole nitrogens is 1. The molecule has 2 aromatic carbocycles. The summed E-state index contributed by atoms with van der Waals surface area (Å²) in [7, 11) is 0. The maximum atomic E-state index is 13.9. The Morgan fingerprint density at radius 2 is 1.71 bits per heavy atom. The van der Waals surface area contributed by atoms with Gasteiger partial charge < -0.3 is 14.7 Å². The number of hydrogen-bond acceptors (Lipinski definition) is 9. The number of nitrogens with one attached hydrogen (secondary N) is 1. The van der Waals surface area contributed by atoms with Crippen LogP contribution in [0.1, 0.15) is 66.4 Å². The second-order valence-corrected chi connectivity index (χ2v) is 11.9. The van der Waals surface area contributed by atoms with E-state index in [0.717, 1.165) is 35.1 Å². The predicted octanol–water partition coefficient (Wildman–Crippen LogP) is 4.42. The molecule has 11 heteroatoms. The molecule has 0 spiro atoms. The first kappa shape index (κ1) is 30.6. The lowest BCUT2D eigenvalue weighted by atomic mass is 9.92. The monoisotopic (exact) mass is 574 g/mol. The SMILES string of the molecule is CCCCC1N(Cc2ccc(-c3ccccc3-c3nn[nH]n3)cc2)C(C(=O)OC=O)=C(C(C)(C)O)N1C(=O)C(C)(C)C. The molecule has 3 aromatic rings. The molecule has 2 N–H and O–H groups in total. The zero-order valence-electron chi connectivity index (χ0n) is 24.9. The van der Waals surface area contributed by atoms with E-state index < -0.39 is 23.2 Å². The third-order valence-corrected chi connectivity index (χ3v) is 7.15. The molecule has 222 valence electrons. The van der Waals surface area contributed by atoms with Crippen LogP contribution in [-0.2, 0) is 25.7 Å². The van der Waals surface area contributed by atoms with Gasteiger partial charge in [0.15, 0.2) is 0 Å². The van der Waals surface area contributed by atoms with Crippen molar-refractivity contribution in [2.45, 2.75) is 79.1 Å². The summed E-state index contributed by atoms with van der Waals surface area (Å²) in [6.07, 6.45) is 1.62. The molecule has 1 amide bonds. The molecule has 0 radical (unpaired) electrons. The average Bonchev–Trinajstić information content (AvgIpc) is 3.58. The highest BCUT2D eigenvalue weighted by Crippen LogP contribution is 2.42. The number of aliphatic hydroxyl groups is 1. The molecule has 11 nitrogen and oxygen atoms in total. The van der Waals surface area contributed by atoms with Gasteiger partial charge in [-0.05, 0) is 48.6 Å². The molecule has 0 saturated carbocycles. The van der Waals surface area contributed by atoms with Gasteiger partial charge >= 0.3 is 12.4 Å². The third kappa shape index (κ3) is 6.25. The van der Waals surface area contributed by atoms with Gasteiger partial charge in [0.05, 0.1) is 5.70 Å². The van der Waals surface area contributed by atoms with E-state index in [9.17, 15) is 19.5 Å². The molecular formula is C31H38N6O5. The van der Waals surface area contributed by atoms with Crippen molar-refractivity contribution >= 4 is 18.3 Å². The number of unbranched alkanes of at least 4 members (excludes halogenated alkanes) is 1. The molecule has 0 saturated heterocycles. The molecule has 42 heavy (non-hydrogen) atoms. The van der Waals surface area contributed by atoms with Crippen LogP contribution in [0.5, 0.6) is 0 Å². The average molecular weight is 575 g/mol. The second kappa shape index (κ2) is 12.2. The number of rotatable bonds is 10. The summed E-state index contributed by atoms with van der Waals surface area (Å²) >= 11 is 0. The number of tetrazole rings is 1. The number of ether oxygens (including phenoxy) is 1. The van der Waals surface area contributed by atoms with Crippen LogP contribution in [0.3, 0.4) is 0 Å². The lowest BCUT2D eigenvalue weighted by Crippen LogP contribution is -2.50. The van der Waals surface area contributed by atoms with Crippen LogP contribution in [0.2, 0.25) is 0 Å². The van der Waals surface area contributed by atoms with Gasteiger partial charge in [0.2, 0.25) is 11.7 Å². The van der Waals surface area contributed by atoms with E-state index in [1.54, 1.807) is 25.7 Å². The Morgan fingerprint density at radius 1 is 1.05 bits per heavy atom. The summed E-state index contributed by atoms with van der Waals surface area (Å²) in [5.74, 6) is -0.678. The van der Waals surface area contributed by atoms with Crippen molar-refractivity contribution in [3.63, 3.8) is 0 Å². The molecule has 0 aliphatic carbocycles. The standard InChI is InChI=1S/C31H38N6O5/c1-7-8-13-24-36(25(28(39)42-19-38)26(31(5,6)41)37(24)29(40)30(2,3)4)18-20-14-16-21(17-15-20)22-11-9-10-12-23(22)27-32-34-35-33-27/h9-12,14-17,19,24,41H,7-8,13,18H2,1-6H3,(H,32,33,34,35). The zero-order valence-corrected chi connectivity index (χ0v) is 24.9. The summed E-state index contributed by atoms with van der Waals surface area (Å²) in [4.78, 5) is 41.8. The van der Waals surface area contributed by atoms with E-state index >= 15 is 0 Å². The van der Waals surface area contributed by atoms with E-state index in [0.29, 0.717) is 12.2 Å². The Bertz CT molecular complexity index is 1450. The van der Waals surface area contributed by atoms with Crippen LogP contribution >= 0.6 is 0 Å². The molecule has 0 fully saturated rings. The largest absolute Gasteiger partial charge is 0.391 e. The van der Waals surface area contributed by atoms with E-state index in [2.05, 4.69) is 20.6 Å². The molecule has 1 aliphatic heterocycles. The maximum Gasteiger partial charge on any atom is 0.364 e. The Morgan fingerprint density at radius 3 is 2.26 bits per heavy atom. The van der Waals surface area contributed by atoms with Crippen molar-refractivity contribution in [3.8, 4) is 22.5 Å². The van der Waals surface area contributed by atoms with Crippen molar-refractivity contribution in [2.75, 3.05) is 0 Å². The number of amides is 1. The minimum absolute atomic E-state index is 0.000156. The quantitative estimate of drug-likeness (QED) is 0.204. The smallest absolute Gasteiger partial charge is 0.364 e. The molecule has 2 heterocycles. The van der Waals surface area contributed by atoms with Crippen molar-refractivity contribution in [2.24, 2.45) is 5.41 Å². The van der Waals surface area contributed by atoms with Crippen LogP contribution in [0.4, 0.5) is 0 Å². The zero-order chi connectivity index (χ0) is 30.7. The fourth-order valence-electron chi connectivity index (χ4n) is 5.23. The number of benzene rings is 2. The summed E-state index contributed by atoms with van der Waals surface area (Å²) < 4.78 is 4.82. The van der Waals surface area contributed by atoms with Crippen LogP contribution in [0.25, 0.3) is 22.5 Å². The molecule has 4 rings (SSSR count). The second-order valence-electron chi connectivity index (χ2n) is 11.9. The first-order chi connectivity index (χ1) is 19.9. The number of aromatic amines is 1. The summed E-state index contributed by atoms with van der Waals surface area (Å²) in [6.45, 7) is 10.8. The van der Waals surface area contributed by atoms with Gasteiger partial charge in [0.1, 0.15) is 17.5 Å². The van der Waals surface area contributed by atoms with Crippen molar-refractivity contribution < 1.29 is 24.2 Å². The van der Waals surface area contributed by atoms with Gasteiger partial charge in [-0.25, -0.2) is 4.79 Å². The highest BCUT2D eigenvalue weighted by molar-refractivity contribution is 5.95. The summed E-state index contributed by atoms with van der Waals surface area (Å²) in [6, 6.07) is 15.6. The highest BCUT2D eigenvalue weighted by Gasteiger charge is 2.50. The van der Waals surface area contributed by atoms with Crippen LogP contribution in [0.15, 0.2) is 59.9 Å². The highest BCUT2D eigenvalue weighted by atomic mass is 16.6. The number of nitrogens with zero attached hydrogens (tertiary/aromatic N) is 5. The first-order valence-electron chi connectivity index (χ1n) is 14.0. The van der Waals surface area contributed by atoms with E-state index in [4.69, 9.17) is 4.74 Å². The minimum Gasteiger partial charge on any atom is -0.391 e. The lowest BCUT2D eigenvalue weighted by molar-refractivity contribution is -0.150. The molecule has 1 unspecified atom stereocenters. The Kier molecular flexibility index (Phi) is 8.91. The lowest BCUT2D eigenvalue weighted by Gasteiger charge is -2.38. The van der Waals surface area contributed by atoms with Crippen LogP contribution < -0.4 is 0 Å². The van der Waals surface area contributed by atoms with E-state index in [-0.39, 0.29) is 30.3 Å². The molecule has 1 aliphatic rings. The predicted molar refractivity (Wildman–Crippen MR) is 156 cm³/mol. The van der Waals surface area contributed by atoms with Gasteiger partial charge in [-0.2, -0.15) is 5.21 Å². The maximum absolute atomic E-state index is 13.9. The molecular weight excluding hydrogens is 536 g/mol. The van der Waals surface area contributed by atoms with Crippen LogP contribution in [0, 0.1) is 5.41 Å². The van der Waals surface area contributed by atoms with Gasteiger partial charge in [0, 0.05) is 17.5 Å². The number of carbonyl (C=O) groups excluding carboxylic acids is 3. The Balaban J connectivity index is 1.78. The topological polar surface area (TPSA) is 142 Å². The van der Waals surface area contributed by atoms with E-state index in [1.807, 2.05) is 55.5 Å². The first-order valence-corrected chi connectivity index (χ1v) is 14.0. The number of carbonyl (C=O) groups is 3. The van der Waals surface area contributed by atoms with E-state index in [1.165, 1.54) is 18.7 Å². The fourth-order valence-corrected chi connectivity index (χ4v) is 5.23. The molecule has 0 bridgehead atoms. The van der Waals surface area contributed by atoms with Gasteiger partial charge in [-0.15, -0.1) is 10.2 Å². The molecule has 1 aromatic heterocycles. The fraction of sp³-hybridized carbons (Fsp3) is 0.419. The van der Waals surface area contributed by atoms with Gasteiger partial charge in [-0.1, -0.05) is 82.6 Å². The van der Waals surface area contributed by atoms with Gasteiger partial charge in [-0.3, -0.25) is 14.5 Å². The summed E-state index contributed by atoms with van der Waals surface area (Å²) in [5.41, 5.74) is 1.28. The Labute approximate surface area is 245 Å². The normalized spacial score (nSPS) is 15.7. The number of aromatic nitrogens is 4.